The lowest BCUT2D eigenvalue weighted by atomic mass is 10.1. The van der Waals surface area contributed by atoms with Gasteiger partial charge in [0.15, 0.2) is 0 Å². The van der Waals surface area contributed by atoms with Crippen LogP contribution >= 0.6 is 11.8 Å². The molecule has 0 radical (unpaired) electrons. The minimum Gasteiger partial charge on any atom is -0.443 e. The third-order valence-electron chi connectivity index (χ3n) is 6.32. The molecule has 0 bridgehead atoms. The number of halogens is 1. The third kappa shape index (κ3) is 3.92. The molecule has 34 heavy (non-hydrogen) atoms. The smallest absolute Gasteiger partial charge is 0.414 e. The number of amides is 2. The topological polar surface area (TPSA) is 86.8 Å². The molecule has 2 N–H and O–H groups in total. The second kappa shape index (κ2) is 8.44. The van der Waals surface area contributed by atoms with Crippen LogP contribution in [0.3, 0.4) is 0 Å². The summed E-state index contributed by atoms with van der Waals surface area (Å²) in [7, 11) is 0. The number of carbonyl (C=O) groups is 2. The molecule has 6 rings (SSSR count). The molecule has 174 valence electrons. The summed E-state index contributed by atoms with van der Waals surface area (Å²) in [6.07, 6.45) is 1.09. The highest BCUT2D eigenvalue weighted by molar-refractivity contribution is 8.00. The number of nitrogens with zero attached hydrogens (tertiary/aromatic N) is 3. The van der Waals surface area contributed by atoms with Crippen LogP contribution in [-0.4, -0.2) is 61.1 Å². The normalized spacial score (nSPS) is 20.2. The Labute approximate surface area is 199 Å². The lowest BCUT2D eigenvalue weighted by Gasteiger charge is -2.42. The Bertz CT molecular complexity index is 1300. The Kier molecular flexibility index (Phi) is 5.26. The SMILES string of the molecule is O=C1CSc2ccc(N3CC(CNC4CN(c5ccnc6ccc(F)cc56)C4)OC3=O)cc2N1. The minimum absolute atomic E-state index is 0.0415. The van der Waals surface area contributed by atoms with Crippen LogP contribution in [0.5, 0.6) is 0 Å². The first-order valence-corrected chi connectivity index (χ1v) is 12.1. The predicted molar refractivity (Wildman–Crippen MR) is 129 cm³/mol. The summed E-state index contributed by atoms with van der Waals surface area (Å²) >= 11 is 1.49. The van der Waals surface area contributed by atoms with E-state index in [1.807, 2.05) is 24.3 Å². The molecule has 0 saturated carbocycles. The predicted octanol–water partition coefficient (Wildman–Crippen LogP) is 3.22. The van der Waals surface area contributed by atoms with E-state index >= 15 is 0 Å². The summed E-state index contributed by atoms with van der Waals surface area (Å²) in [5.74, 6) is 0.0865. The summed E-state index contributed by atoms with van der Waals surface area (Å²) in [6, 6.07) is 12.4. The highest BCUT2D eigenvalue weighted by Gasteiger charge is 2.35. The van der Waals surface area contributed by atoms with Crippen molar-refractivity contribution in [2.45, 2.75) is 17.0 Å². The summed E-state index contributed by atoms with van der Waals surface area (Å²) in [4.78, 5) is 33.3. The van der Waals surface area contributed by atoms with Gasteiger partial charge in [-0.3, -0.25) is 14.7 Å². The number of nitrogens with one attached hydrogen (secondary N) is 2. The van der Waals surface area contributed by atoms with Gasteiger partial charge in [0, 0.05) is 53.5 Å². The molecule has 2 fully saturated rings. The van der Waals surface area contributed by atoms with Crippen LogP contribution in [0, 0.1) is 5.82 Å². The summed E-state index contributed by atoms with van der Waals surface area (Å²) in [5, 5.41) is 7.14. The zero-order valence-electron chi connectivity index (χ0n) is 18.2. The van der Waals surface area contributed by atoms with E-state index in [1.54, 1.807) is 17.2 Å². The van der Waals surface area contributed by atoms with E-state index in [4.69, 9.17) is 4.74 Å². The largest absolute Gasteiger partial charge is 0.443 e. The number of carbonyl (C=O) groups excluding carboxylic acids is 2. The van der Waals surface area contributed by atoms with Crippen LogP contribution in [-0.2, 0) is 9.53 Å². The van der Waals surface area contributed by atoms with Gasteiger partial charge in [-0.1, -0.05) is 0 Å². The number of anilines is 3. The maximum Gasteiger partial charge on any atom is 0.414 e. The van der Waals surface area contributed by atoms with Gasteiger partial charge >= 0.3 is 6.09 Å². The van der Waals surface area contributed by atoms with Gasteiger partial charge in [-0.05, 0) is 42.5 Å². The molecule has 1 unspecified atom stereocenters. The first kappa shape index (κ1) is 21.2. The Balaban J connectivity index is 1.05. The van der Waals surface area contributed by atoms with Gasteiger partial charge < -0.3 is 20.3 Å². The average Bonchev–Trinajstić information content (AvgIpc) is 3.18. The first-order chi connectivity index (χ1) is 16.5. The summed E-state index contributed by atoms with van der Waals surface area (Å²) in [5.41, 5.74) is 3.18. The quantitative estimate of drug-likeness (QED) is 0.581. The van der Waals surface area contributed by atoms with E-state index in [0.717, 1.165) is 40.3 Å². The second-order valence-corrected chi connectivity index (χ2v) is 9.65. The van der Waals surface area contributed by atoms with Gasteiger partial charge in [0.1, 0.15) is 11.9 Å². The lowest BCUT2D eigenvalue weighted by molar-refractivity contribution is -0.113. The molecule has 2 saturated heterocycles. The number of aromatic nitrogens is 1. The van der Waals surface area contributed by atoms with Crippen molar-refractivity contribution >= 4 is 51.7 Å². The molecule has 2 amide bonds. The highest BCUT2D eigenvalue weighted by atomic mass is 32.2. The Morgan fingerprint density at radius 1 is 1.15 bits per heavy atom. The fourth-order valence-electron chi connectivity index (χ4n) is 4.56. The maximum atomic E-state index is 13.7. The summed E-state index contributed by atoms with van der Waals surface area (Å²) in [6.45, 7) is 2.55. The van der Waals surface area contributed by atoms with E-state index < -0.39 is 0 Å². The van der Waals surface area contributed by atoms with Gasteiger partial charge in [-0.15, -0.1) is 11.8 Å². The molecular weight excluding hydrogens is 457 g/mol. The van der Waals surface area contributed by atoms with Gasteiger partial charge in [-0.2, -0.15) is 0 Å². The molecule has 10 heteroatoms. The first-order valence-electron chi connectivity index (χ1n) is 11.1. The second-order valence-electron chi connectivity index (χ2n) is 8.64. The van der Waals surface area contributed by atoms with E-state index in [0.29, 0.717) is 24.5 Å². The Morgan fingerprint density at radius 2 is 2.03 bits per heavy atom. The number of rotatable bonds is 5. The number of thioether (sulfide) groups is 1. The third-order valence-corrected chi connectivity index (χ3v) is 7.39. The highest BCUT2D eigenvalue weighted by Crippen LogP contribution is 2.35. The molecular formula is C24H22FN5O3S. The van der Waals surface area contributed by atoms with E-state index in [1.165, 1.54) is 23.9 Å². The monoisotopic (exact) mass is 479 g/mol. The molecule has 4 heterocycles. The van der Waals surface area contributed by atoms with Crippen LogP contribution in [0.4, 0.5) is 26.2 Å². The molecule has 3 aliphatic rings. The van der Waals surface area contributed by atoms with Crippen molar-refractivity contribution in [1.82, 2.24) is 10.3 Å². The van der Waals surface area contributed by atoms with Crippen molar-refractivity contribution in [3.8, 4) is 0 Å². The number of ether oxygens (including phenoxy) is 1. The van der Waals surface area contributed by atoms with Crippen LogP contribution in [0.15, 0.2) is 53.6 Å². The molecule has 0 aliphatic carbocycles. The van der Waals surface area contributed by atoms with Gasteiger partial charge in [0.2, 0.25) is 5.91 Å². The molecule has 0 spiro atoms. The van der Waals surface area contributed by atoms with Gasteiger partial charge in [-0.25, -0.2) is 9.18 Å². The number of cyclic esters (lactones) is 1. The molecule has 2 aromatic carbocycles. The molecule has 8 nitrogen and oxygen atoms in total. The van der Waals surface area contributed by atoms with Crippen molar-refractivity contribution in [1.29, 1.82) is 0 Å². The van der Waals surface area contributed by atoms with E-state index in [2.05, 4.69) is 20.5 Å². The van der Waals surface area contributed by atoms with Crippen molar-refractivity contribution in [2.75, 3.05) is 47.0 Å². The van der Waals surface area contributed by atoms with Gasteiger partial charge in [0.05, 0.1) is 23.5 Å². The summed E-state index contributed by atoms with van der Waals surface area (Å²) < 4.78 is 19.3. The number of benzene rings is 2. The standard InChI is InChI=1S/C24H22FN5O3S/c25-14-1-3-19-18(7-14)21(5-6-26-19)29-10-15(11-29)27-9-17-12-30(24(32)33-17)16-2-4-22-20(8-16)28-23(31)13-34-22/h1-8,15,17,27H,9-13H2,(H,28,31). The molecule has 1 aromatic heterocycles. The fourth-order valence-corrected chi connectivity index (χ4v) is 5.35. The Morgan fingerprint density at radius 3 is 2.91 bits per heavy atom. The fraction of sp³-hybridized carbons (Fsp3) is 0.292. The average molecular weight is 480 g/mol. The zero-order chi connectivity index (χ0) is 23.2. The minimum atomic E-state index is -0.387. The number of fused-ring (bicyclic) bond motifs is 2. The van der Waals surface area contributed by atoms with Crippen molar-refractivity contribution in [2.24, 2.45) is 0 Å². The van der Waals surface area contributed by atoms with Crippen molar-refractivity contribution < 1.29 is 18.7 Å². The van der Waals surface area contributed by atoms with Crippen molar-refractivity contribution in [3.63, 3.8) is 0 Å². The number of pyridine rings is 1. The van der Waals surface area contributed by atoms with Crippen LogP contribution < -0.4 is 20.4 Å². The van der Waals surface area contributed by atoms with Gasteiger partial charge in [0.25, 0.3) is 0 Å². The molecule has 1 atom stereocenters. The van der Waals surface area contributed by atoms with Crippen LogP contribution in [0.1, 0.15) is 0 Å². The molecule has 3 aliphatic heterocycles. The van der Waals surface area contributed by atoms with Crippen LogP contribution in [0.2, 0.25) is 0 Å². The number of hydrogen-bond acceptors (Lipinski definition) is 7. The van der Waals surface area contributed by atoms with Crippen LogP contribution in [0.25, 0.3) is 10.9 Å². The van der Waals surface area contributed by atoms with Crippen molar-refractivity contribution in [3.05, 3.63) is 54.5 Å². The zero-order valence-corrected chi connectivity index (χ0v) is 19.0. The Hall–Kier alpha value is -3.37. The van der Waals surface area contributed by atoms with E-state index in [9.17, 15) is 14.0 Å². The lowest BCUT2D eigenvalue weighted by Crippen LogP contribution is -2.59. The maximum absolute atomic E-state index is 13.7. The molecule has 3 aromatic rings. The number of hydrogen-bond donors (Lipinski definition) is 2. The van der Waals surface area contributed by atoms with E-state index in [-0.39, 0.29) is 30.0 Å².